The Kier molecular flexibility index (Phi) is 3.17. The molecule has 0 saturated heterocycles. The third kappa shape index (κ3) is 3.16. The van der Waals surface area contributed by atoms with Crippen molar-refractivity contribution in [1.29, 1.82) is 0 Å². The number of nitrogens with two attached hydrogens (primary N) is 1. The first-order valence-electron chi connectivity index (χ1n) is 5.13. The number of aromatic nitrogens is 1. The van der Waals surface area contributed by atoms with E-state index < -0.39 is 33.4 Å². The number of fused-ring (bicyclic) bond motifs is 1. The highest BCUT2D eigenvalue weighted by molar-refractivity contribution is 7.91. The van der Waals surface area contributed by atoms with Gasteiger partial charge in [0.2, 0.25) is 9.84 Å². The van der Waals surface area contributed by atoms with Crippen LogP contribution in [0.4, 0.5) is 18.9 Å². The monoisotopic (exact) mass is 294 g/mol. The van der Waals surface area contributed by atoms with Gasteiger partial charge in [0.05, 0.1) is 12.2 Å². The number of hydrogen-bond acceptors (Lipinski definition) is 5. The average Bonchev–Trinajstić information content (AvgIpc) is 2.69. The van der Waals surface area contributed by atoms with Crippen LogP contribution < -0.4 is 5.73 Å². The summed E-state index contributed by atoms with van der Waals surface area (Å²) in [6, 6.07) is 4.26. The van der Waals surface area contributed by atoms with Crippen LogP contribution in [0.3, 0.4) is 0 Å². The van der Waals surface area contributed by atoms with Crippen LogP contribution in [0.25, 0.3) is 11.1 Å². The molecule has 0 saturated carbocycles. The van der Waals surface area contributed by atoms with Gasteiger partial charge in [-0.15, -0.1) is 0 Å². The molecule has 0 bridgehead atoms. The predicted molar refractivity (Wildman–Crippen MR) is 61.1 cm³/mol. The second-order valence-corrected chi connectivity index (χ2v) is 5.88. The zero-order valence-electron chi connectivity index (χ0n) is 9.44. The molecule has 1 aromatic carbocycles. The van der Waals surface area contributed by atoms with E-state index in [0.29, 0.717) is 5.69 Å². The second-order valence-electron chi connectivity index (χ2n) is 3.89. The number of hydrogen-bond donors (Lipinski definition) is 1. The molecule has 19 heavy (non-hydrogen) atoms. The van der Waals surface area contributed by atoms with Crippen LogP contribution >= 0.6 is 0 Å². The largest absolute Gasteiger partial charge is 0.428 e. The number of halogens is 3. The molecule has 0 radical (unpaired) electrons. The summed E-state index contributed by atoms with van der Waals surface area (Å²) in [6.45, 7) is 0. The maximum Gasteiger partial charge on any atom is 0.390 e. The fourth-order valence-electron chi connectivity index (χ4n) is 1.39. The number of benzene rings is 1. The Hall–Kier alpha value is -1.77. The number of nitrogens with zero attached hydrogens (tertiary/aromatic N) is 1. The molecule has 2 N–H and O–H groups in total. The van der Waals surface area contributed by atoms with Gasteiger partial charge in [-0.1, -0.05) is 0 Å². The lowest BCUT2D eigenvalue weighted by atomic mass is 10.3. The number of anilines is 1. The third-order valence-electron chi connectivity index (χ3n) is 2.31. The van der Waals surface area contributed by atoms with E-state index >= 15 is 0 Å². The van der Waals surface area contributed by atoms with Gasteiger partial charge in [-0.25, -0.2) is 8.42 Å². The minimum Gasteiger partial charge on any atom is -0.428 e. The molecule has 9 heteroatoms. The highest BCUT2D eigenvalue weighted by Crippen LogP contribution is 2.25. The zero-order valence-corrected chi connectivity index (χ0v) is 10.3. The lowest BCUT2D eigenvalue weighted by Gasteiger charge is -2.04. The Morgan fingerprint density at radius 1 is 1.32 bits per heavy atom. The Balaban J connectivity index is 2.33. The Morgan fingerprint density at radius 2 is 2.00 bits per heavy atom. The topological polar surface area (TPSA) is 86.2 Å². The van der Waals surface area contributed by atoms with Crippen LogP contribution in [0.15, 0.2) is 27.8 Å². The summed E-state index contributed by atoms with van der Waals surface area (Å²) in [5, 5.41) is -0.725. The van der Waals surface area contributed by atoms with Crippen molar-refractivity contribution in [2.45, 2.75) is 17.8 Å². The van der Waals surface area contributed by atoms with Gasteiger partial charge in [0.1, 0.15) is 5.52 Å². The number of nitrogen functional groups attached to an aromatic ring is 1. The van der Waals surface area contributed by atoms with Crippen molar-refractivity contribution < 1.29 is 26.0 Å². The molecule has 104 valence electrons. The summed E-state index contributed by atoms with van der Waals surface area (Å²) in [5.74, 6) is -1.10. The molecule has 2 rings (SSSR count). The minimum absolute atomic E-state index is 0.116. The summed E-state index contributed by atoms with van der Waals surface area (Å²) in [6.07, 6.45) is -6.00. The predicted octanol–water partition coefficient (Wildman–Crippen LogP) is 2.14. The summed E-state index contributed by atoms with van der Waals surface area (Å²) in [4.78, 5) is 3.65. The molecule has 0 aliphatic carbocycles. The molecule has 0 atom stereocenters. The molecule has 0 aliphatic rings. The van der Waals surface area contributed by atoms with E-state index in [9.17, 15) is 21.6 Å². The third-order valence-corrected chi connectivity index (χ3v) is 3.76. The number of alkyl halides is 3. The molecular weight excluding hydrogens is 285 g/mol. The van der Waals surface area contributed by atoms with Crippen LogP contribution in [0.1, 0.15) is 6.42 Å². The Bertz CT molecular complexity index is 706. The van der Waals surface area contributed by atoms with E-state index in [4.69, 9.17) is 10.2 Å². The van der Waals surface area contributed by atoms with Crippen molar-refractivity contribution in [3.63, 3.8) is 0 Å². The lowest BCUT2D eigenvalue weighted by molar-refractivity contribution is -0.129. The first-order valence-corrected chi connectivity index (χ1v) is 6.78. The van der Waals surface area contributed by atoms with Gasteiger partial charge in [0.15, 0.2) is 5.58 Å². The molecule has 2 aromatic rings. The van der Waals surface area contributed by atoms with Crippen LogP contribution in [0, 0.1) is 0 Å². The highest BCUT2D eigenvalue weighted by atomic mass is 32.2. The van der Waals surface area contributed by atoms with E-state index in [-0.39, 0.29) is 11.1 Å². The average molecular weight is 294 g/mol. The van der Waals surface area contributed by atoms with E-state index in [2.05, 4.69) is 4.98 Å². The van der Waals surface area contributed by atoms with Crippen molar-refractivity contribution in [2.75, 3.05) is 11.5 Å². The maximum absolute atomic E-state index is 12.0. The van der Waals surface area contributed by atoms with Gasteiger partial charge in [-0.3, -0.25) is 0 Å². The zero-order chi connectivity index (χ0) is 14.3. The lowest BCUT2D eigenvalue weighted by Crippen LogP contribution is -2.16. The number of sulfone groups is 1. The molecule has 1 aromatic heterocycles. The first-order chi connectivity index (χ1) is 8.67. The SMILES string of the molecule is Nc1ccc2nc(S(=O)(=O)CCC(F)(F)F)oc2c1. The molecule has 0 unspecified atom stereocenters. The van der Waals surface area contributed by atoms with Gasteiger partial charge in [-0.2, -0.15) is 18.2 Å². The van der Waals surface area contributed by atoms with Crippen molar-refractivity contribution in [2.24, 2.45) is 0 Å². The molecule has 5 nitrogen and oxygen atoms in total. The van der Waals surface area contributed by atoms with Crippen LogP contribution in [0.5, 0.6) is 0 Å². The molecule has 0 fully saturated rings. The van der Waals surface area contributed by atoms with Crippen LogP contribution in [0.2, 0.25) is 0 Å². The van der Waals surface area contributed by atoms with Crippen molar-refractivity contribution >= 4 is 26.6 Å². The Morgan fingerprint density at radius 3 is 2.63 bits per heavy atom. The summed E-state index contributed by atoms with van der Waals surface area (Å²) < 4.78 is 64.3. The standard InChI is InChI=1S/C10H9F3N2O3S/c11-10(12,13)3-4-19(16,17)9-15-7-2-1-6(14)5-8(7)18-9/h1-2,5H,3-4,14H2. The van der Waals surface area contributed by atoms with Gasteiger partial charge in [-0.05, 0) is 12.1 Å². The fourth-order valence-corrected chi connectivity index (χ4v) is 2.52. The minimum atomic E-state index is -4.55. The van der Waals surface area contributed by atoms with Crippen molar-refractivity contribution in [1.82, 2.24) is 4.98 Å². The van der Waals surface area contributed by atoms with Gasteiger partial charge >= 0.3 is 11.4 Å². The quantitative estimate of drug-likeness (QED) is 0.876. The Labute approximate surface area is 106 Å². The van der Waals surface area contributed by atoms with E-state index in [1.54, 1.807) is 0 Å². The van der Waals surface area contributed by atoms with E-state index in [1.165, 1.54) is 18.2 Å². The summed E-state index contributed by atoms with van der Waals surface area (Å²) >= 11 is 0. The molecule has 1 heterocycles. The first kappa shape index (κ1) is 13.7. The van der Waals surface area contributed by atoms with Gasteiger partial charge in [0.25, 0.3) is 0 Å². The highest BCUT2D eigenvalue weighted by Gasteiger charge is 2.32. The maximum atomic E-state index is 12.0. The number of oxazole rings is 1. The molecular formula is C10H9F3N2O3S. The smallest absolute Gasteiger partial charge is 0.390 e. The van der Waals surface area contributed by atoms with E-state index in [1.807, 2.05) is 0 Å². The second kappa shape index (κ2) is 4.41. The van der Waals surface area contributed by atoms with Gasteiger partial charge < -0.3 is 10.2 Å². The normalized spacial score (nSPS) is 13.0. The van der Waals surface area contributed by atoms with Crippen molar-refractivity contribution in [3.8, 4) is 0 Å². The number of rotatable bonds is 3. The van der Waals surface area contributed by atoms with E-state index in [0.717, 1.165) is 0 Å². The van der Waals surface area contributed by atoms with Gasteiger partial charge in [0, 0.05) is 11.8 Å². The fraction of sp³-hybridized carbons (Fsp3) is 0.300. The molecule has 0 amide bonds. The van der Waals surface area contributed by atoms with Crippen LogP contribution in [-0.4, -0.2) is 25.3 Å². The summed E-state index contributed by atoms with van der Waals surface area (Å²) in [7, 11) is -4.21. The van der Waals surface area contributed by atoms with Crippen LogP contribution in [-0.2, 0) is 9.84 Å². The van der Waals surface area contributed by atoms with Crippen molar-refractivity contribution in [3.05, 3.63) is 18.2 Å². The molecule has 0 spiro atoms. The summed E-state index contributed by atoms with van der Waals surface area (Å²) in [5.41, 5.74) is 6.15. The molecule has 0 aliphatic heterocycles.